The summed E-state index contributed by atoms with van der Waals surface area (Å²) in [5.74, 6) is 0.668. The Morgan fingerprint density at radius 2 is 1.91 bits per heavy atom. The van der Waals surface area contributed by atoms with Gasteiger partial charge in [-0.1, -0.05) is 42.5 Å². The third-order valence-corrected chi connectivity index (χ3v) is 8.05. The number of hydrogen-bond acceptors (Lipinski definition) is 5. The molecule has 2 aromatic carbocycles. The molecule has 1 saturated heterocycles. The lowest BCUT2D eigenvalue weighted by Gasteiger charge is -2.22. The molecule has 7 nitrogen and oxygen atoms in total. The number of phosphoric ester groups is 1. The highest BCUT2D eigenvalue weighted by atomic mass is 31.2. The van der Waals surface area contributed by atoms with Crippen LogP contribution in [0.3, 0.4) is 0 Å². The highest BCUT2D eigenvalue weighted by molar-refractivity contribution is 7.47. The van der Waals surface area contributed by atoms with Gasteiger partial charge in [0.1, 0.15) is 6.73 Å². The van der Waals surface area contributed by atoms with Crippen molar-refractivity contribution in [3.05, 3.63) is 48.0 Å². The van der Waals surface area contributed by atoms with E-state index >= 15 is 0 Å². The molecule has 0 aromatic heterocycles. The van der Waals surface area contributed by atoms with E-state index < -0.39 is 7.82 Å². The Morgan fingerprint density at radius 1 is 1.15 bits per heavy atom. The zero-order valence-electron chi connectivity index (χ0n) is 19.6. The van der Waals surface area contributed by atoms with E-state index in [1.165, 1.54) is 16.3 Å². The molecule has 1 saturated carbocycles. The second-order valence-corrected chi connectivity index (χ2v) is 10.7. The maximum atomic E-state index is 12.3. The normalized spacial score (nSPS) is 23.9. The first kappa shape index (κ1) is 24.4. The number of benzene rings is 2. The van der Waals surface area contributed by atoms with E-state index in [0.717, 1.165) is 19.5 Å². The van der Waals surface area contributed by atoms with Gasteiger partial charge in [0.15, 0.2) is 0 Å². The molecular formula is C25H35N2O5P. The molecule has 2 fully saturated rings. The zero-order chi connectivity index (χ0) is 23.5. The number of rotatable bonds is 12. The molecule has 180 valence electrons. The number of piperidine rings is 1. The van der Waals surface area contributed by atoms with E-state index in [1.807, 2.05) is 13.8 Å². The first-order valence-electron chi connectivity index (χ1n) is 12.0. The molecule has 3 atom stereocenters. The van der Waals surface area contributed by atoms with E-state index in [2.05, 4.69) is 47.4 Å². The molecule has 0 radical (unpaired) electrons. The number of unbranched alkanes of at least 4 members (excludes halogenated alkanes) is 1. The van der Waals surface area contributed by atoms with Crippen molar-refractivity contribution in [3.8, 4) is 0 Å². The summed E-state index contributed by atoms with van der Waals surface area (Å²) in [6, 6.07) is 15.1. The van der Waals surface area contributed by atoms with Gasteiger partial charge in [0.25, 0.3) is 0 Å². The van der Waals surface area contributed by atoms with Gasteiger partial charge in [0.2, 0.25) is 5.91 Å². The second-order valence-electron chi connectivity index (χ2n) is 9.21. The van der Waals surface area contributed by atoms with Crippen LogP contribution >= 0.6 is 7.82 Å². The molecule has 33 heavy (non-hydrogen) atoms. The van der Waals surface area contributed by atoms with Gasteiger partial charge in [-0.05, 0) is 55.4 Å². The topological polar surface area (TPSA) is 79.3 Å². The van der Waals surface area contributed by atoms with Crippen molar-refractivity contribution in [1.29, 1.82) is 0 Å². The van der Waals surface area contributed by atoms with Gasteiger partial charge in [-0.25, -0.2) is 4.57 Å². The lowest BCUT2D eigenvalue weighted by Crippen LogP contribution is -2.30. The van der Waals surface area contributed by atoms with E-state index in [4.69, 9.17) is 9.05 Å². The molecule has 1 amide bonds. The molecule has 1 heterocycles. The van der Waals surface area contributed by atoms with Crippen LogP contribution in [0.2, 0.25) is 0 Å². The monoisotopic (exact) mass is 474 g/mol. The van der Waals surface area contributed by atoms with Crippen LogP contribution in [0.25, 0.3) is 10.8 Å². The smallest absolute Gasteiger partial charge is 0.343 e. The highest BCUT2D eigenvalue weighted by Gasteiger charge is 2.60. The number of carbonyl (C=O) groups is 1. The van der Waals surface area contributed by atoms with E-state index in [-0.39, 0.29) is 24.7 Å². The molecule has 1 aliphatic carbocycles. The fraction of sp³-hybridized carbons (Fsp3) is 0.560. The number of amides is 1. The Hall–Kier alpha value is -1.76. The summed E-state index contributed by atoms with van der Waals surface area (Å²) in [6.45, 7) is 7.18. The van der Waals surface area contributed by atoms with Gasteiger partial charge in [0, 0.05) is 38.0 Å². The molecule has 2 aliphatic rings. The van der Waals surface area contributed by atoms with Gasteiger partial charge < -0.3 is 9.79 Å². The largest absolute Gasteiger partial charge is 0.473 e. The van der Waals surface area contributed by atoms with Crippen molar-refractivity contribution in [2.24, 2.45) is 5.92 Å². The maximum Gasteiger partial charge on any atom is 0.473 e. The number of phosphoric acid groups is 1. The summed E-state index contributed by atoms with van der Waals surface area (Å²) in [7, 11) is -4.11. The standard InChI is InChI=1S/C25H35N2O5P/c1-3-27(4-2)24(28)11-7-8-14-31-33(29,30)32-19-26-17-23-16-25(23,18-26)22-13-12-20-9-5-6-10-21(20)15-22/h5-6,9-10,12-13,15,23H,3-4,7-8,11,14,16-19H2,1-2H3,(H,29,30)/t23-,25+/m1/s1. The first-order chi connectivity index (χ1) is 15.9. The summed E-state index contributed by atoms with van der Waals surface area (Å²) in [4.78, 5) is 25.9. The van der Waals surface area contributed by atoms with Crippen LogP contribution in [0.15, 0.2) is 42.5 Å². The molecular weight excluding hydrogens is 439 g/mol. The van der Waals surface area contributed by atoms with Crippen LogP contribution in [0.5, 0.6) is 0 Å². The van der Waals surface area contributed by atoms with E-state index in [0.29, 0.717) is 38.3 Å². The van der Waals surface area contributed by atoms with Gasteiger partial charge in [-0.2, -0.15) is 0 Å². The maximum absolute atomic E-state index is 12.3. The molecule has 1 unspecified atom stereocenters. The van der Waals surface area contributed by atoms with Crippen LogP contribution in [0.4, 0.5) is 0 Å². The number of fused-ring (bicyclic) bond motifs is 2. The van der Waals surface area contributed by atoms with Crippen molar-refractivity contribution >= 4 is 24.5 Å². The Bertz CT molecular complexity index is 1030. The predicted octanol–water partition coefficient (Wildman–Crippen LogP) is 4.54. The molecule has 4 rings (SSSR count). The lowest BCUT2D eigenvalue weighted by atomic mass is 9.93. The number of hydrogen-bond donors (Lipinski definition) is 1. The Morgan fingerprint density at radius 3 is 2.67 bits per heavy atom. The number of nitrogens with zero attached hydrogens (tertiary/aromatic N) is 2. The molecule has 8 heteroatoms. The van der Waals surface area contributed by atoms with E-state index in [9.17, 15) is 14.3 Å². The highest BCUT2D eigenvalue weighted by Crippen LogP contribution is 2.59. The van der Waals surface area contributed by atoms with Crippen molar-refractivity contribution in [2.75, 3.05) is 39.5 Å². The quantitative estimate of drug-likeness (QED) is 0.359. The fourth-order valence-corrected chi connectivity index (χ4v) is 5.86. The van der Waals surface area contributed by atoms with Gasteiger partial charge in [-0.3, -0.25) is 18.7 Å². The minimum Gasteiger partial charge on any atom is -0.343 e. The second kappa shape index (κ2) is 10.2. The molecule has 0 bridgehead atoms. The minimum atomic E-state index is -4.11. The van der Waals surface area contributed by atoms with Crippen LogP contribution in [-0.2, 0) is 23.8 Å². The first-order valence-corrected chi connectivity index (χ1v) is 13.5. The zero-order valence-corrected chi connectivity index (χ0v) is 20.5. The molecule has 2 aromatic rings. The van der Waals surface area contributed by atoms with Crippen molar-refractivity contribution in [1.82, 2.24) is 9.80 Å². The van der Waals surface area contributed by atoms with Crippen LogP contribution in [0.1, 0.15) is 45.1 Å². The van der Waals surface area contributed by atoms with Gasteiger partial charge in [0.05, 0.1) is 6.61 Å². The minimum absolute atomic E-state index is 0.0834. The van der Waals surface area contributed by atoms with Crippen molar-refractivity contribution in [3.63, 3.8) is 0 Å². The summed E-state index contributed by atoms with van der Waals surface area (Å²) in [5, 5.41) is 2.49. The Kier molecular flexibility index (Phi) is 7.56. The van der Waals surface area contributed by atoms with Crippen molar-refractivity contribution in [2.45, 2.75) is 44.9 Å². The van der Waals surface area contributed by atoms with Crippen molar-refractivity contribution < 1.29 is 23.3 Å². The lowest BCUT2D eigenvalue weighted by molar-refractivity contribution is -0.130. The Balaban J connectivity index is 1.20. The fourth-order valence-electron chi connectivity index (χ4n) is 5.12. The number of likely N-dealkylation sites (tertiary alicyclic amines) is 1. The predicted molar refractivity (Wildman–Crippen MR) is 129 cm³/mol. The SMILES string of the molecule is CCN(CC)C(=O)CCCCOP(=O)(O)OCN1C[C@H]2C[C@@]2(c2ccc3ccccc3c2)C1. The average Bonchev–Trinajstić information content (AvgIpc) is 3.39. The summed E-state index contributed by atoms with van der Waals surface area (Å²) in [6.07, 6.45) is 2.74. The molecule has 1 aliphatic heterocycles. The summed E-state index contributed by atoms with van der Waals surface area (Å²) >= 11 is 0. The Labute approximate surface area is 196 Å². The third-order valence-electron chi connectivity index (χ3n) is 7.10. The van der Waals surface area contributed by atoms with E-state index in [1.54, 1.807) is 4.90 Å². The summed E-state index contributed by atoms with van der Waals surface area (Å²) in [5.41, 5.74) is 1.47. The summed E-state index contributed by atoms with van der Waals surface area (Å²) < 4.78 is 22.7. The van der Waals surface area contributed by atoms with Gasteiger partial charge >= 0.3 is 7.82 Å². The van der Waals surface area contributed by atoms with Crippen LogP contribution in [-0.4, -0.2) is 60.1 Å². The van der Waals surface area contributed by atoms with Crippen LogP contribution in [0, 0.1) is 5.92 Å². The number of carbonyl (C=O) groups excluding carboxylic acids is 1. The molecule has 1 N–H and O–H groups in total. The third kappa shape index (κ3) is 5.67. The van der Waals surface area contributed by atoms with Gasteiger partial charge in [-0.15, -0.1) is 0 Å². The average molecular weight is 475 g/mol. The molecule has 0 spiro atoms. The van der Waals surface area contributed by atoms with Crippen LogP contribution < -0.4 is 0 Å².